The first-order valence-electron chi connectivity index (χ1n) is 7.29. The van der Waals surface area contributed by atoms with E-state index in [1.165, 1.54) is 4.88 Å². The fourth-order valence-electron chi connectivity index (χ4n) is 1.97. The highest BCUT2D eigenvalue weighted by molar-refractivity contribution is 7.10. The second kappa shape index (κ2) is 7.58. The van der Waals surface area contributed by atoms with Crippen molar-refractivity contribution in [3.63, 3.8) is 0 Å². The topological polar surface area (TPSA) is 64.9 Å². The van der Waals surface area contributed by atoms with Gasteiger partial charge >= 0.3 is 0 Å². The maximum Gasteiger partial charge on any atom is 0.235 e. The number of amides is 1. The van der Waals surface area contributed by atoms with E-state index < -0.39 is 5.54 Å². The van der Waals surface area contributed by atoms with Gasteiger partial charge in [0.1, 0.15) is 5.54 Å². The number of carbonyl (C=O) groups is 1. The molecule has 2 N–H and O–H groups in total. The molecule has 0 aromatic carbocycles. The Morgan fingerprint density at radius 1 is 1.43 bits per heavy atom. The number of hydrogen-bond acceptors (Lipinski definition) is 4. The summed E-state index contributed by atoms with van der Waals surface area (Å²) in [5.41, 5.74) is -0.824. The Balaban J connectivity index is 2.61. The molecule has 116 valence electrons. The molecule has 0 radical (unpaired) electrons. The van der Waals surface area contributed by atoms with Crippen LogP contribution in [0.5, 0.6) is 0 Å². The highest BCUT2D eigenvalue weighted by atomic mass is 32.1. The van der Waals surface area contributed by atoms with Gasteiger partial charge in [0.15, 0.2) is 0 Å². The van der Waals surface area contributed by atoms with Crippen LogP contribution in [-0.4, -0.2) is 18.0 Å². The van der Waals surface area contributed by atoms with Gasteiger partial charge in [-0.25, -0.2) is 0 Å². The standard InChI is InChI=1S/C16H25N3OS/c1-11(2)15(13-7-6-8-21-13)18-9-14(20)19-16(5,10-17)12(3)4/h6-8,11-12,15,18H,9H2,1-5H3,(H,19,20). The van der Waals surface area contributed by atoms with Crippen LogP contribution < -0.4 is 10.6 Å². The smallest absolute Gasteiger partial charge is 0.235 e. The molecule has 4 nitrogen and oxygen atoms in total. The molecule has 1 heterocycles. The normalized spacial score (nSPS) is 15.5. The van der Waals surface area contributed by atoms with Crippen LogP contribution in [0.15, 0.2) is 17.5 Å². The molecule has 1 amide bonds. The van der Waals surface area contributed by atoms with Gasteiger partial charge in [-0.15, -0.1) is 11.3 Å². The molecule has 1 rings (SSSR count). The first kappa shape index (κ1) is 17.7. The van der Waals surface area contributed by atoms with Crippen LogP contribution in [0.1, 0.15) is 45.5 Å². The quantitative estimate of drug-likeness (QED) is 0.813. The van der Waals surface area contributed by atoms with Gasteiger partial charge in [0.2, 0.25) is 5.91 Å². The van der Waals surface area contributed by atoms with Crippen molar-refractivity contribution in [2.45, 2.75) is 46.2 Å². The van der Waals surface area contributed by atoms with E-state index in [-0.39, 0.29) is 24.4 Å². The third kappa shape index (κ3) is 4.83. The summed E-state index contributed by atoms with van der Waals surface area (Å²) in [5.74, 6) is 0.309. The van der Waals surface area contributed by atoms with Crippen molar-refractivity contribution >= 4 is 17.2 Å². The summed E-state index contributed by atoms with van der Waals surface area (Å²) >= 11 is 1.69. The molecule has 2 unspecified atom stereocenters. The second-order valence-corrected chi connectivity index (χ2v) is 7.11. The van der Waals surface area contributed by atoms with Gasteiger partial charge in [0.25, 0.3) is 0 Å². The molecule has 0 bridgehead atoms. The van der Waals surface area contributed by atoms with Crippen LogP contribution in [0.4, 0.5) is 0 Å². The van der Waals surface area contributed by atoms with Gasteiger partial charge in [-0.2, -0.15) is 5.26 Å². The highest BCUT2D eigenvalue weighted by Crippen LogP contribution is 2.25. The van der Waals surface area contributed by atoms with E-state index in [0.717, 1.165) is 0 Å². The first-order valence-corrected chi connectivity index (χ1v) is 8.17. The van der Waals surface area contributed by atoms with Crippen LogP contribution in [0.3, 0.4) is 0 Å². The van der Waals surface area contributed by atoms with Crippen LogP contribution in [0.25, 0.3) is 0 Å². The maximum absolute atomic E-state index is 12.1. The molecule has 2 atom stereocenters. The summed E-state index contributed by atoms with van der Waals surface area (Å²) in [4.78, 5) is 13.3. The zero-order valence-corrected chi connectivity index (χ0v) is 14.3. The minimum Gasteiger partial charge on any atom is -0.337 e. The van der Waals surface area contributed by atoms with E-state index >= 15 is 0 Å². The number of rotatable bonds is 7. The SMILES string of the molecule is CC(C)C(NCC(=O)NC(C)(C#N)C(C)C)c1cccs1. The summed E-state index contributed by atoms with van der Waals surface area (Å²) in [6, 6.07) is 6.44. The number of hydrogen-bond donors (Lipinski definition) is 2. The van der Waals surface area contributed by atoms with Crippen molar-refractivity contribution in [3.8, 4) is 6.07 Å². The molecular weight excluding hydrogens is 282 g/mol. The first-order chi connectivity index (χ1) is 9.80. The molecule has 0 aliphatic heterocycles. The largest absolute Gasteiger partial charge is 0.337 e. The molecule has 0 spiro atoms. The Morgan fingerprint density at radius 3 is 2.52 bits per heavy atom. The number of thiophene rings is 1. The third-order valence-corrected chi connectivity index (χ3v) is 4.74. The summed E-state index contributed by atoms with van der Waals surface area (Å²) in [6.45, 7) is 10.1. The van der Waals surface area contributed by atoms with Crippen molar-refractivity contribution < 1.29 is 4.79 Å². The van der Waals surface area contributed by atoms with Gasteiger partial charge in [0, 0.05) is 10.9 Å². The van der Waals surface area contributed by atoms with E-state index in [4.69, 9.17) is 0 Å². The summed E-state index contributed by atoms with van der Waals surface area (Å²) in [7, 11) is 0. The Labute approximate surface area is 131 Å². The van der Waals surface area contributed by atoms with Gasteiger partial charge in [-0.1, -0.05) is 33.8 Å². The Bertz CT molecular complexity index is 490. The molecular formula is C16H25N3OS. The fourth-order valence-corrected chi connectivity index (χ4v) is 2.94. The van der Waals surface area contributed by atoms with Crippen LogP contribution in [0.2, 0.25) is 0 Å². The van der Waals surface area contributed by atoms with E-state index in [1.54, 1.807) is 18.3 Å². The van der Waals surface area contributed by atoms with Crippen LogP contribution in [0, 0.1) is 23.2 Å². The summed E-state index contributed by atoms with van der Waals surface area (Å²) in [6.07, 6.45) is 0. The van der Waals surface area contributed by atoms with Gasteiger partial charge in [-0.3, -0.25) is 4.79 Å². The van der Waals surface area contributed by atoms with E-state index in [0.29, 0.717) is 5.92 Å². The number of nitrogens with one attached hydrogen (secondary N) is 2. The molecule has 0 saturated carbocycles. The lowest BCUT2D eigenvalue weighted by atomic mass is 9.90. The Morgan fingerprint density at radius 2 is 2.10 bits per heavy atom. The van der Waals surface area contributed by atoms with Crippen molar-refractivity contribution in [2.24, 2.45) is 11.8 Å². The molecule has 0 aliphatic carbocycles. The second-order valence-electron chi connectivity index (χ2n) is 6.14. The average molecular weight is 307 g/mol. The van der Waals surface area contributed by atoms with E-state index in [2.05, 4.69) is 36.6 Å². The molecule has 0 aliphatic rings. The van der Waals surface area contributed by atoms with Crippen LogP contribution in [-0.2, 0) is 4.79 Å². The monoisotopic (exact) mass is 307 g/mol. The number of carbonyl (C=O) groups excluding carboxylic acids is 1. The number of nitrogens with zero attached hydrogens (tertiary/aromatic N) is 1. The minimum absolute atomic E-state index is 0.0599. The molecule has 0 fully saturated rings. The zero-order chi connectivity index (χ0) is 16.0. The van der Waals surface area contributed by atoms with Gasteiger partial charge in [0.05, 0.1) is 12.6 Å². The van der Waals surface area contributed by atoms with Crippen molar-refractivity contribution in [1.29, 1.82) is 5.26 Å². The lowest BCUT2D eigenvalue weighted by molar-refractivity contribution is -0.122. The number of nitriles is 1. The minimum atomic E-state index is -0.824. The lowest BCUT2D eigenvalue weighted by Gasteiger charge is -2.28. The lowest BCUT2D eigenvalue weighted by Crippen LogP contribution is -2.51. The molecule has 5 heteroatoms. The molecule has 0 saturated heterocycles. The summed E-state index contributed by atoms with van der Waals surface area (Å²) < 4.78 is 0. The molecule has 1 aromatic rings. The van der Waals surface area contributed by atoms with Crippen molar-refractivity contribution in [1.82, 2.24) is 10.6 Å². The van der Waals surface area contributed by atoms with Crippen molar-refractivity contribution in [3.05, 3.63) is 22.4 Å². The predicted molar refractivity (Wildman–Crippen MR) is 86.9 cm³/mol. The van der Waals surface area contributed by atoms with E-state index in [1.807, 2.05) is 25.3 Å². The van der Waals surface area contributed by atoms with Gasteiger partial charge < -0.3 is 10.6 Å². The van der Waals surface area contributed by atoms with E-state index in [9.17, 15) is 10.1 Å². The fraction of sp³-hybridized carbons (Fsp3) is 0.625. The zero-order valence-electron chi connectivity index (χ0n) is 13.4. The third-order valence-electron chi connectivity index (χ3n) is 3.78. The van der Waals surface area contributed by atoms with Crippen molar-refractivity contribution in [2.75, 3.05) is 6.54 Å². The predicted octanol–water partition coefficient (Wildman–Crippen LogP) is 3.09. The maximum atomic E-state index is 12.1. The molecule has 1 aromatic heterocycles. The Hall–Kier alpha value is -1.38. The highest BCUT2D eigenvalue weighted by Gasteiger charge is 2.30. The van der Waals surface area contributed by atoms with Crippen LogP contribution >= 0.6 is 11.3 Å². The van der Waals surface area contributed by atoms with Gasteiger partial charge in [-0.05, 0) is 30.2 Å². The molecule has 21 heavy (non-hydrogen) atoms. The Kier molecular flexibility index (Phi) is 6.38. The average Bonchev–Trinajstić information content (AvgIpc) is 2.92. The summed E-state index contributed by atoms with van der Waals surface area (Å²) in [5, 5.41) is 17.4.